The summed E-state index contributed by atoms with van der Waals surface area (Å²) in [4.78, 5) is 40.3. The molecule has 0 spiro atoms. The van der Waals surface area contributed by atoms with Gasteiger partial charge in [0, 0.05) is 37.9 Å². The van der Waals surface area contributed by atoms with Gasteiger partial charge in [-0.3, -0.25) is 14.4 Å². The number of piperidine rings is 1. The molecular weight excluding hydrogens is 406 g/mol. The van der Waals surface area contributed by atoms with E-state index in [1.54, 1.807) is 31.4 Å². The van der Waals surface area contributed by atoms with Gasteiger partial charge in [-0.15, -0.1) is 0 Å². The third-order valence-corrected chi connectivity index (χ3v) is 5.81. The van der Waals surface area contributed by atoms with E-state index in [2.05, 4.69) is 10.6 Å². The van der Waals surface area contributed by atoms with Crippen molar-refractivity contribution in [3.63, 3.8) is 0 Å². The van der Waals surface area contributed by atoms with E-state index in [0.717, 1.165) is 5.56 Å². The van der Waals surface area contributed by atoms with Crippen LogP contribution in [0.3, 0.4) is 0 Å². The van der Waals surface area contributed by atoms with Crippen molar-refractivity contribution in [2.24, 2.45) is 5.92 Å². The van der Waals surface area contributed by atoms with E-state index in [1.807, 2.05) is 42.2 Å². The molecule has 1 aliphatic rings. The molecule has 0 aromatic heterocycles. The van der Waals surface area contributed by atoms with E-state index in [4.69, 9.17) is 4.74 Å². The summed E-state index contributed by atoms with van der Waals surface area (Å²) in [5, 5.41) is 5.76. The Hall–Kier alpha value is -3.19. The molecule has 0 radical (unpaired) electrons. The standard InChI is InChI=1S/C25H31N3O4/c1-18-8-10-21(11-9-18)25(31)28-15-12-19(13-16-28)22(24(30)26-14-17-32-2)27-23(29)20-6-4-3-5-7-20/h3-11,19,22H,12-17H2,1-2H3,(H,26,30)(H,27,29)/t22-/m0/s1. The normalized spacial score (nSPS) is 15.1. The molecule has 1 atom stereocenters. The van der Waals surface area contributed by atoms with Crippen molar-refractivity contribution >= 4 is 17.7 Å². The molecule has 1 fully saturated rings. The van der Waals surface area contributed by atoms with Crippen LogP contribution in [0.15, 0.2) is 54.6 Å². The van der Waals surface area contributed by atoms with Crippen LogP contribution in [-0.4, -0.2) is 62.0 Å². The first kappa shape index (κ1) is 23.5. The topological polar surface area (TPSA) is 87.7 Å². The third kappa shape index (κ3) is 6.17. The predicted octanol–water partition coefficient (Wildman–Crippen LogP) is 2.41. The van der Waals surface area contributed by atoms with Gasteiger partial charge in [-0.05, 0) is 49.9 Å². The second kappa shape index (κ2) is 11.4. The Morgan fingerprint density at radius 1 is 1.00 bits per heavy atom. The number of carbonyl (C=O) groups excluding carboxylic acids is 3. The van der Waals surface area contributed by atoms with Crippen molar-refractivity contribution in [3.05, 3.63) is 71.3 Å². The molecule has 1 saturated heterocycles. The van der Waals surface area contributed by atoms with Crippen LogP contribution >= 0.6 is 0 Å². The highest BCUT2D eigenvalue weighted by Gasteiger charge is 2.34. The molecule has 3 amide bonds. The van der Waals surface area contributed by atoms with E-state index in [-0.39, 0.29) is 23.6 Å². The molecular formula is C25H31N3O4. The van der Waals surface area contributed by atoms with Gasteiger partial charge >= 0.3 is 0 Å². The second-order valence-corrected chi connectivity index (χ2v) is 8.10. The molecule has 2 aromatic rings. The number of likely N-dealkylation sites (tertiary alicyclic amines) is 1. The van der Waals surface area contributed by atoms with Crippen LogP contribution in [0.2, 0.25) is 0 Å². The molecule has 2 aromatic carbocycles. The zero-order valence-corrected chi connectivity index (χ0v) is 18.7. The minimum Gasteiger partial charge on any atom is -0.383 e. The number of nitrogens with one attached hydrogen (secondary N) is 2. The van der Waals surface area contributed by atoms with Gasteiger partial charge in [0.15, 0.2) is 0 Å². The molecule has 0 bridgehead atoms. The Morgan fingerprint density at radius 2 is 1.66 bits per heavy atom. The lowest BCUT2D eigenvalue weighted by molar-refractivity contribution is -0.124. The van der Waals surface area contributed by atoms with Gasteiger partial charge < -0.3 is 20.3 Å². The van der Waals surface area contributed by atoms with Crippen LogP contribution in [0, 0.1) is 12.8 Å². The average Bonchev–Trinajstić information content (AvgIpc) is 2.83. The van der Waals surface area contributed by atoms with Crippen molar-refractivity contribution in [2.75, 3.05) is 33.4 Å². The summed E-state index contributed by atoms with van der Waals surface area (Å²) in [6.45, 7) is 3.84. The maximum absolute atomic E-state index is 12.9. The van der Waals surface area contributed by atoms with Gasteiger partial charge in [0.1, 0.15) is 6.04 Å². The molecule has 0 aliphatic carbocycles. The summed E-state index contributed by atoms with van der Waals surface area (Å²) in [5.41, 5.74) is 2.28. The smallest absolute Gasteiger partial charge is 0.253 e. The highest BCUT2D eigenvalue weighted by atomic mass is 16.5. The highest BCUT2D eigenvalue weighted by molar-refractivity contribution is 5.97. The number of methoxy groups -OCH3 is 1. The van der Waals surface area contributed by atoms with Gasteiger partial charge in [-0.1, -0.05) is 35.9 Å². The second-order valence-electron chi connectivity index (χ2n) is 8.10. The van der Waals surface area contributed by atoms with Crippen molar-refractivity contribution < 1.29 is 19.1 Å². The SMILES string of the molecule is COCCNC(=O)[C@@H](NC(=O)c1ccccc1)C1CCN(C(=O)c2ccc(C)cc2)CC1. The van der Waals surface area contributed by atoms with E-state index in [9.17, 15) is 14.4 Å². The lowest BCUT2D eigenvalue weighted by Gasteiger charge is -2.36. The Bertz CT molecular complexity index is 907. The zero-order chi connectivity index (χ0) is 22.9. The number of hydrogen-bond acceptors (Lipinski definition) is 4. The lowest BCUT2D eigenvalue weighted by atomic mass is 9.88. The number of nitrogens with zero attached hydrogens (tertiary/aromatic N) is 1. The number of amides is 3. The van der Waals surface area contributed by atoms with Crippen molar-refractivity contribution in [3.8, 4) is 0 Å². The lowest BCUT2D eigenvalue weighted by Crippen LogP contribution is -2.54. The van der Waals surface area contributed by atoms with Crippen molar-refractivity contribution in [2.45, 2.75) is 25.8 Å². The van der Waals surface area contributed by atoms with Gasteiger partial charge in [-0.25, -0.2) is 0 Å². The minimum atomic E-state index is -0.670. The van der Waals surface area contributed by atoms with Crippen LogP contribution < -0.4 is 10.6 Å². The maximum Gasteiger partial charge on any atom is 0.253 e. The third-order valence-electron chi connectivity index (χ3n) is 5.81. The summed E-state index contributed by atoms with van der Waals surface area (Å²) < 4.78 is 5.01. The average molecular weight is 438 g/mol. The number of rotatable bonds is 8. The van der Waals surface area contributed by atoms with Crippen LogP contribution in [-0.2, 0) is 9.53 Å². The highest BCUT2D eigenvalue weighted by Crippen LogP contribution is 2.23. The van der Waals surface area contributed by atoms with E-state index < -0.39 is 6.04 Å². The Morgan fingerprint density at radius 3 is 2.28 bits per heavy atom. The number of benzene rings is 2. The molecule has 1 heterocycles. The van der Waals surface area contributed by atoms with Crippen molar-refractivity contribution in [1.82, 2.24) is 15.5 Å². The minimum absolute atomic E-state index is 0.00197. The molecule has 170 valence electrons. The largest absolute Gasteiger partial charge is 0.383 e. The fourth-order valence-corrected chi connectivity index (χ4v) is 3.91. The maximum atomic E-state index is 12.9. The quantitative estimate of drug-likeness (QED) is 0.621. The Labute approximate surface area is 189 Å². The van der Waals surface area contributed by atoms with Crippen LogP contribution in [0.1, 0.15) is 39.1 Å². The van der Waals surface area contributed by atoms with Gasteiger partial charge in [-0.2, -0.15) is 0 Å². The van der Waals surface area contributed by atoms with Gasteiger partial charge in [0.25, 0.3) is 11.8 Å². The molecule has 3 rings (SSSR count). The Kier molecular flexibility index (Phi) is 8.39. The van der Waals surface area contributed by atoms with Gasteiger partial charge in [0.2, 0.25) is 5.91 Å². The number of hydrogen-bond donors (Lipinski definition) is 2. The fraction of sp³-hybridized carbons (Fsp3) is 0.400. The molecule has 1 aliphatic heterocycles. The molecule has 2 N–H and O–H groups in total. The number of aryl methyl sites for hydroxylation is 1. The monoisotopic (exact) mass is 437 g/mol. The summed E-state index contributed by atoms with van der Waals surface area (Å²) >= 11 is 0. The summed E-state index contributed by atoms with van der Waals surface area (Å²) in [6, 6.07) is 15.7. The first-order valence-corrected chi connectivity index (χ1v) is 11.0. The van der Waals surface area contributed by atoms with Crippen LogP contribution in [0.5, 0.6) is 0 Å². The molecule has 7 nitrogen and oxygen atoms in total. The summed E-state index contributed by atoms with van der Waals surface area (Å²) in [5.74, 6) is -0.574. The van der Waals surface area contributed by atoms with Crippen LogP contribution in [0.25, 0.3) is 0 Å². The van der Waals surface area contributed by atoms with E-state index in [0.29, 0.717) is 50.2 Å². The van der Waals surface area contributed by atoms with Crippen molar-refractivity contribution in [1.29, 1.82) is 0 Å². The number of ether oxygens (including phenoxy) is 1. The summed E-state index contributed by atoms with van der Waals surface area (Å²) in [6.07, 6.45) is 1.27. The zero-order valence-electron chi connectivity index (χ0n) is 18.7. The fourth-order valence-electron chi connectivity index (χ4n) is 3.91. The Balaban J connectivity index is 1.65. The van der Waals surface area contributed by atoms with Gasteiger partial charge in [0.05, 0.1) is 6.61 Å². The molecule has 32 heavy (non-hydrogen) atoms. The van der Waals surface area contributed by atoms with E-state index in [1.165, 1.54) is 0 Å². The summed E-state index contributed by atoms with van der Waals surface area (Å²) in [7, 11) is 1.57. The molecule has 0 unspecified atom stereocenters. The van der Waals surface area contributed by atoms with E-state index >= 15 is 0 Å². The number of carbonyl (C=O) groups is 3. The van der Waals surface area contributed by atoms with Crippen LogP contribution in [0.4, 0.5) is 0 Å². The molecule has 0 saturated carbocycles. The first-order valence-electron chi connectivity index (χ1n) is 11.0. The first-order chi connectivity index (χ1) is 15.5. The predicted molar refractivity (Wildman–Crippen MR) is 122 cm³/mol. The molecule has 7 heteroatoms.